The summed E-state index contributed by atoms with van der Waals surface area (Å²) in [7, 11) is -4.37. The molecule has 1 aliphatic rings. The van der Waals surface area contributed by atoms with Gasteiger partial charge in [0, 0.05) is 12.5 Å². The van der Waals surface area contributed by atoms with Crippen molar-refractivity contribution in [3.05, 3.63) is 27.8 Å². The number of benzene rings is 1. The van der Waals surface area contributed by atoms with Gasteiger partial charge in [-0.1, -0.05) is 0 Å². The van der Waals surface area contributed by atoms with Crippen LogP contribution in [0.2, 0.25) is 0 Å². The zero-order valence-corrected chi connectivity index (χ0v) is 18.0. The smallest absolute Gasteiger partial charge is 0.433 e. The number of ether oxygens (including phenoxy) is 2. The average molecular weight is 501 g/mol. The highest BCUT2D eigenvalue weighted by molar-refractivity contribution is 8.04. The van der Waals surface area contributed by atoms with Gasteiger partial charge in [-0.3, -0.25) is 14.9 Å². The molecule has 2 rings (SSSR count). The molecule has 16 heteroatoms. The van der Waals surface area contributed by atoms with Crippen molar-refractivity contribution in [2.24, 2.45) is 15.3 Å². The van der Waals surface area contributed by atoms with Crippen LogP contribution in [0.15, 0.2) is 22.3 Å². The molecule has 0 amide bonds. The molecule has 1 aliphatic heterocycles. The van der Waals surface area contributed by atoms with Crippen molar-refractivity contribution in [1.82, 2.24) is 0 Å². The lowest BCUT2D eigenvalue weighted by atomic mass is 10.1. The number of nitro benzene ring substituents is 1. The first-order chi connectivity index (χ1) is 14.6. The summed E-state index contributed by atoms with van der Waals surface area (Å²) in [6.07, 6.45) is -5.50. The van der Waals surface area contributed by atoms with Gasteiger partial charge in [0.15, 0.2) is 22.1 Å². The highest BCUT2D eigenvalue weighted by Crippen LogP contribution is 2.40. The van der Waals surface area contributed by atoms with Gasteiger partial charge in [0.1, 0.15) is 0 Å². The second-order valence-electron chi connectivity index (χ2n) is 6.62. The minimum atomic E-state index is -4.88. The summed E-state index contributed by atoms with van der Waals surface area (Å²) in [6, 6.07) is 2.10. The minimum absolute atomic E-state index is 0.0443. The fourth-order valence-electron chi connectivity index (χ4n) is 2.57. The molecule has 1 atom stereocenters. The Morgan fingerprint density at radius 2 is 1.97 bits per heavy atom. The fraction of sp³-hybridized carbons (Fsp3) is 0.438. The van der Waals surface area contributed by atoms with Gasteiger partial charge in [-0.25, -0.2) is 13.6 Å². The Balaban J connectivity index is 2.27. The van der Waals surface area contributed by atoms with Gasteiger partial charge in [0.2, 0.25) is 5.90 Å². The molecule has 0 aliphatic carbocycles. The summed E-state index contributed by atoms with van der Waals surface area (Å²) < 4.78 is 71.9. The Bertz CT molecular complexity index is 1120. The number of halogens is 4. The average Bonchev–Trinajstić information content (AvgIpc) is 2.93. The Morgan fingerprint density at radius 1 is 1.34 bits per heavy atom. The third kappa shape index (κ3) is 5.52. The van der Waals surface area contributed by atoms with Crippen LogP contribution >= 0.6 is 11.6 Å². The number of nitro groups is 1. The molecule has 0 bridgehead atoms. The fourth-order valence-corrected chi connectivity index (χ4v) is 3.22. The first kappa shape index (κ1) is 25.5. The van der Waals surface area contributed by atoms with Gasteiger partial charge < -0.3 is 9.47 Å². The number of carbonyl (C=O) groups excluding carboxylic acids is 1. The number of primary sulfonamides is 1. The molecular formula is C16H16ClF3N4O7S. The van der Waals surface area contributed by atoms with Gasteiger partial charge in [-0.05, 0) is 26.3 Å². The number of sulfonamides is 1. The van der Waals surface area contributed by atoms with Crippen LogP contribution in [-0.4, -0.2) is 47.7 Å². The zero-order valence-electron chi connectivity index (χ0n) is 16.5. The van der Waals surface area contributed by atoms with Gasteiger partial charge in [-0.15, -0.1) is 21.8 Å². The molecule has 1 heterocycles. The van der Waals surface area contributed by atoms with Crippen LogP contribution in [0.3, 0.4) is 0 Å². The van der Waals surface area contributed by atoms with Crippen molar-refractivity contribution in [2.75, 3.05) is 6.61 Å². The molecule has 0 fully saturated rings. The lowest BCUT2D eigenvalue weighted by Crippen LogP contribution is -2.45. The maximum Gasteiger partial charge on any atom is 0.433 e. The Morgan fingerprint density at radius 3 is 2.47 bits per heavy atom. The Hall–Kier alpha value is -2.78. The second kappa shape index (κ2) is 8.99. The van der Waals surface area contributed by atoms with Crippen molar-refractivity contribution >= 4 is 44.0 Å². The van der Waals surface area contributed by atoms with Crippen molar-refractivity contribution < 1.29 is 40.8 Å². The van der Waals surface area contributed by atoms with Gasteiger partial charge >= 0.3 is 6.18 Å². The van der Waals surface area contributed by atoms with Gasteiger partial charge in [0.05, 0.1) is 17.1 Å². The summed E-state index contributed by atoms with van der Waals surface area (Å²) in [4.78, 5) is 19.6. The van der Waals surface area contributed by atoms with E-state index in [1.54, 1.807) is 0 Å². The molecule has 0 spiro atoms. The maximum absolute atomic E-state index is 13.1. The van der Waals surface area contributed by atoms with Crippen molar-refractivity contribution in [3.63, 3.8) is 0 Å². The minimum Gasteiger partial charge on any atom is -0.489 e. The third-order valence-electron chi connectivity index (χ3n) is 4.19. The van der Waals surface area contributed by atoms with E-state index in [0.717, 1.165) is 19.1 Å². The molecule has 0 radical (unpaired) electrons. The summed E-state index contributed by atoms with van der Waals surface area (Å²) in [5.74, 6) is -1.14. The molecule has 32 heavy (non-hydrogen) atoms. The molecular weight excluding hydrogens is 485 g/mol. The van der Waals surface area contributed by atoms with Gasteiger partial charge in [0.25, 0.3) is 20.8 Å². The molecule has 0 aromatic heterocycles. The Labute approximate surface area is 184 Å². The largest absolute Gasteiger partial charge is 0.489 e. The number of hydrogen-bond donors (Lipinski definition) is 1. The number of carbonyl (C=O) groups is 1. The van der Waals surface area contributed by atoms with Crippen LogP contribution in [-0.2, 0) is 14.8 Å². The topological polar surface area (TPSA) is 164 Å². The third-order valence-corrected chi connectivity index (χ3v) is 5.37. The summed E-state index contributed by atoms with van der Waals surface area (Å²) >= 11 is 5.95. The first-order valence-corrected chi connectivity index (χ1v) is 10.6. The standard InChI is InChI=1S/C16H16ClF3N4O7S/c1-8-9(24(26)27)5-6-10(12(8)30-7-3-4-11(25)32(21,28)29)31-14-15(2,17)13(22-23-14)16(18,19)20/h5-6H,3-4,7H2,1-2H3,(H2,21,28,29). The van der Waals surface area contributed by atoms with E-state index < -0.39 is 49.1 Å². The molecule has 11 nitrogen and oxygen atoms in total. The van der Waals surface area contributed by atoms with E-state index >= 15 is 0 Å². The van der Waals surface area contributed by atoms with E-state index in [1.807, 2.05) is 0 Å². The highest BCUT2D eigenvalue weighted by Gasteiger charge is 2.54. The number of nitrogens with zero attached hydrogens (tertiary/aromatic N) is 3. The van der Waals surface area contributed by atoms with Crippen LogP contribution in [0.25, 0.3) is 0 Å². The molecule has 1 aromatic rings. The van der Waals surface area contributed by atoms with Crippen LogP contribution in [0.5, 0.6) is 11.5 Å². The molecule has 0 saturated carbocycles. The second-order valence-corrected chi connectivity index (χ2v) is 8.92. The van der Waals surface area contributed by atoms with E-state index in [9.17, 15) is 36.5 Å². The molecule has 0 saturated heterocycles. The molecule has 2 N–H and O–H groups in total. The van der Waals surface area contributed by atoms with Crippen LogP contribution < -0.4 is 14.6 Å². The lowest BCUT2D eigenvalue weighted by Gasteiger charge is -2.22. The summed E-state index contributed by atoms with van der Waals surface area (Å²) in [5, 5.41) is 21.0. The van der Waals surface area contributed by atoms with Crippen molar-refractivity contribution in [3.8, 4) is 11.5 Å². The number of rotatable bonds is 7. The summed E-state index contributed by atoms with van der Waals surface area (Å²) in [6.45, 7) is 1.96. The van der Waals surface area contributed by atoms with E-state index in [2.05, 4.69) is 10.2 Å². The molecule has 1 unspecified atom stereocenters. The number of hydrogen-bond acceptors (Lipinski definition) is 9. The Kier molecular flexibility index (Phi) is 7.16. The van der Waals surface area contributed by atoms with E-state index in [-0.39, 0.29) is 35.8 Å². The molecule has 1 aromatic carbocycles. The normalized spacial score (nSPS) is 18.7. The monoisotopic (exact) mass is 500 g/mol. The van der Waals surface area contributed by atoms with Crippen LogP contribution in [0.1, 0.15) is 25.3 Å². The zero-order chi connectivity index (χ0) is 24.5. The SMILES string of the molecule is Cc1c([N+](=O)[O-])ccc(OC2=NN=C(C(F)(F)F)C2(C)Cl)c1OCCCC(=O)S(N)(=O)=O. The van der Waals surface area contributed by atoms with Crippen LogP contribution in [0.4, 0.5) is 18.9 Å². The molecule has 176 valence electrons. The first-order valence-electron chi connectivity index (χ1n) is 8.63. The number of alkyl halides is 4. The predicted octanol–water partition coefficient (Wildman–Crippen LogP) is 2.58. The summed E-state index contributed by atoms with van der Waals surface area (Å²) in [5.41, 5.74) is -1.84. The lowest BCUT2D eigenvalue weighted by molar-refractivity contribution is -0.385. The quantitative estimate of drug-likeness (QED) is 0.260. The highest BCUT2D eigenvalue weighted by atomic mass is 35.5. The van der Waals surface area contributed by atoms with Crippen molar-refractivity contribution in [1.29, 1.82) is 0 Å². The van der Waals surface area contributed by atoms with Crippen LogP contribution in [0, 0.1) is 17.0 Å². The van der Waals surface area contributed by atoms with Gasteiger partial charge in [-0.2, -0.15) is 13.2 Å². The maximum atomic E-state index is 13.1. The van der Waals surface area contributed by atoms with E-state index in [0.29, 0.717) is 0 Å². The predicted molar refractivity (Wildman–Crippen MR) is 106 cm³/mol. The van der Waals surface area contributed by atoms with Crippen molar-refractivity contribution in [2.45, 2.75) is 37.7 Å². The van der Waals surface area contributed by atoms with E-state index in [4.69, 9.17) is 26.2 Å². The number of nitrogens with two attached hydrogens (primary N) is 1. The van der Waals surface area contributed by atoms with E-state index in [1.165, 1.54) is 6.92 Å².